The Balaban J connectivity index is 2.49. The van der Waals surface area contributed by atoms with Crippen LogP contribution in [0.2, 0.25) is 0 Å². The lowest BCUT2D eigenvalue weighted by atomic mass is 10.1. The summed E-state index contributed by atoms with van der Waals surface area (Å²) < 4.78 is 0.974. The number of imidazole rings is 1. The molecule has 0 saturated carbocycles. The molecule has 0 unspecified atom stereocenters. The third-order valence-electron chi connectivity index (χ3n) is 2.00. The average Bonchev–Trinajstić information content (AvgIpc) is 2.67. The van der Waals surface area contributed by atoms with E-state index in [0.717, 1.165) is 10.0 Å². The van der Waals surface area contributed by atoms with E-state index in [1.54, 1.807) is 0 Å². The van der Waals surface area contributed by atoms with Crippen LogP contribution in [-0.2, 0) is 0 Å². The van der Waals surface area contributed by atoms with Crippen molar-refractivity contribution >= 4 is 21.8 Å². The van der Waals surface area contributed by atoms with Gasteiger partial charge in [-0.2, -0.15) is 0 Å². The van der Waals surface area contributed by atoms with Crippen LogP contribution in [0.15, 0.2) is 35.1 Å². The molecular formula is C10H8BrN3O. The first-order valence-electron chi connectivity index (χ1n) is 4.27. The quantitative estimate of drug-likeness (QED) is 0.871. The number of aromatic nitrogens is 2. The molecule has 0 spiro atoms. The van der Waals surface area contributed by atoms with Gasteiger partial charge < -0.3 is 10.7 Å². The molecular weight excluding hydrogens is 258 g/mol. The monoisotopic (exact) mass is 265 g/mol. The number of H-pyrrole nitrogens is 1. The Morgan fingerprint density at radius 1 is 1.33 bits per heavy atom. The number of nitrogens with one attached hydrogen (secondary N) is 1. The number of hydrogen-bond acceptors (Lipinski definition) is 2. The Labute approximate surface area is 94.7 Å². The minimum Gasteiger partial charge on any atom is -0.364 e. The molecule has 1 amide bonds. The predicted molar refractivity (Wildman–Crippen MR) is 60.2 cm³/mol. The molecule has 4 nitrogen and oxygen atoms in total. The summed E-state index contributed by atoms with van der Waals surface area (Å²) in [6.07, 6.45) is 1.46. The lowest BCUT2D eigenvalue weighted by Crippen LogP contribution is -2.12. The first-order chi connectivity index (χ1) is 7.18. The van der Waals surface area contributed by atoms with Gasteiger partial charge in [0.15, 0.2) is 0 Å². The zero-order chi connectivity index (χ0) is 10.8. The summed E-state index contributed by atoms with van der Waals surface area (Å²) >= 11 is 3.34. The van der Waals surface area contributed by atoms with Crippen LogP contribution in [0, 0.1) is 0 Å². The number of halogens is 1. The van der Waals surface area contributed by atoms with Crippen LogP contribution < -0.4 is 5.73 Å². The van der Waals surface area contributed by atoms with E-state index in [2.05, 4.69) is 25.9 Å². The van der Waals surface area contributed by atoms with Gasteiger partial charge in [0.25, 0.3) is 5.91 Å². The fourth-order valence-corrected chi connectivity index (χ4v) is 1.57. The van der Waals surface area contributed by atoms with Crippen LogP contribution in [0.4, 0.5) is 0 Å². The summed E-state index contributed by atoms with van der Waals surface area (Å²) in [4.78, 5) is 17.9. The molecule has 0 saturated heterocycles. The molecule has 1 aromatic heterocycles. The van der Waals surface area contributed by atoms with Crippen LogP contribution in [0.5, 0.6) is 0 Å². The maximum atomic E-state index is 11.1. The molecule has 2 rings (SSSR count). The second-order valence-electron chi connectivity index (χ2n) is 3.00. The summed E-state index contributed by atoms with van der Waals surface area (Å²) in [5.74, 6) is -0.509. The Kier molecular flexibility index (Phi) is 2.55. The van der Waals surface area contributed by atoms with E-state index in [1.165, 1.54) is 6.33 Å². The number of primary amides is 1. The number of aromatic amines is 1. The molecule has 0 radical (unpaired) electrons. The first-order valence-corrected chi connectivity index (χ1v) is 5.07. The van der Waals surface area contributed by atoms with Crippen molar-refractivity contribution in [1.29, 1.82) is 0 Å². The van der Waals surface area contributed by atoms with E-state index >= 15 is 0 Å². The first kappa shape index (κ1) is 9.92. The maximum Gasteiger partial charge on any atom is 0.267 e. The van der Waals surface area contributed by atoms with Crippen molar-refractivity contribution in [2.45, 2.75) is 0 Å². The van der Waals surface area contributed by atoms with Crippen molar-refractivity contribution in [3.8, 4) is 11.3 Å². The van der Waals surface area contributed by atoms with E-state index < -0.39 is 5.91 Å². The molecule has 5 heteroatoms. The van der Waals surface area contributed by atoms with Gasteiger partial charge in [-0.3, -0.25) is 4.79 Å². The van der Waals surface area contributed by atoms with Gasteiger partial charge >= 0.3 is 0 Å². The normalized spacial score (nSPS) is 10.2. The van der Waals surface area contributed by atoms with Crippen LogP contribution in [0.1, 0.15) is 10.5 Å². The van der Waals surface area contributed by atoms with E-state index in [9.17, 15) is 4.79 Å². The topological polar surface area (TPSA) is 71.8 Å². The highest BCUT2D eigenvalue weighted by molar-refractivity contribution is 9.10. The molecule has 1 aromatic carbocycles. The molecule has 0 aliphatic carbocycles. The highest BCUT2D eigenvalue weighted by Crippen LogP contribution is 2.22. The van der Waals surface area contributed by atoms with Gasteiger partial charge in [-0.15, -0.1) is 0 Å². The van der Waals surface area contributed by atoms with E-state index in [1.807, 2.05) is 24.3 Å². The molecule has 76 valence electrons. The highest BCUT2D eigenvalue weighted by atomic mass is 79.9. The lowest BCUT2D eigenvalue weighted by Gasteiger charge is -1.99. The van der Waals surface area contributed by atoms with Gasteiger partial charge in [-0.05, 0) is 12.1 Å². The molecule has 0 aliphatic heterocycles. The SMILES string of the molecule is NC(=O)c1[nH]cnc1-c1ccc(Br)cc1. The standard InChI is InChI=1S/C10H8BrN3O/c11-7-3-1-6(2-4-7)8-9(10(12)15)14-5-13-8/h1-5H,(H2,12,15)(H,13,14). The summed E-state index contributed by atoms with van der Waals surface area (Å²) in [5, 5.41) is 0. The molecule has 0 fully saturated rings. The molecule has 3 N–H and O–H groups in total. The average molecular weight is 266 g/mol. The second-order valence-corrected chi connectivity index (χ2v) is 3.91. The molecule has 0 atom stereocenters. The van der Waals surface area contributed by atoms with Gasteiger partial charge in [0, 0.05) is 10.0 Å². The third kappa shape index (κ3) is 1.92. The largest absolute Gasteiger partial charge is 0.364 e. The fourth-order valence-electron chi connectivity index (χ4n) is 1.31. The summed E-state index contributed by atoms with van der Waals surface area (Å²) in [6, 6.07) is 7.50. The lowest BCUT2D eigenvalue weighted by molar-refractivity contribution is 0.0997. The molecule has 15 heavy (non-hydrogen) atoms. The minimum atomic E-state index is -0.509. The Bertz CT molecular complexity index is 490. The zero-order valence-corrected chi connectivity index (χ0v) is 9.28. The van der Waals surface area contributed by atoms with Gasteiger partial charge in [-0.1, -0.05) is 28.1 Å². The zero-order valence-electron chi connectivity index (χ0n) is 7.70. The highest BCUT2D eigenvalue weighted by Gasteiger charge is 2.12. The summed E-state index contributed by atoms with van der Waals surface area (Å²) in [6.45, 7) is 0. The van der Waals surface area contributed by atoms with Crippen molar-refractivity contribution in [3.63, 3.8) is 0 Å². The number of nitrogens with two attached hydrogens (primary N) is 1. The minimum absolute atomic E-state index is 0.331. The van der Waals surface area contributed by atoms with Gasteiger partial charge in [0.1, 0.15) is 11.4 Å². The van der Waals surface area contributed by atoms with Crippen LogP contribution in [0.25, 0.3) is 11.3 Å². The van der Waals surface area contributed by atoms with Crippen LogP contribution >= 0.6 is 15.9 Å². The number of benzene rings is 1. The van der Waals surface area contributed by atoms with Crippen molar-refractivity contribution in [2.75, 3.05) is 0 Å². The number of rotatable bonds is 2. The molecule has 2 aromatic rings. The predicted octanol–water partition coefficient (Wildman–Crippen LogP) is 1.94. The summed E-state index contributed by atoms with van der Waals surface area (Å²) in [7, 11) is 0. The van der Waals surface area contributed by atoms with Crippen LogP contribution in [0.3, 0.4) is 0 Å². The number of amides is 1. The van der Waals surface area contributed by atoms with Crippen molar-refractivity contribution in [2.24, 2.45) is 5.73 Å². The Morgan fingerprint density at radius 3 is 2.60 bits per heavy atom. The fraction of sp³-hybridized carbons (Fsp3) is 0. The number of nitrogens with zero attached hydrogens (tertiary/aromatic N) is 1. The van der Waals surface area contributed by atoms with Crippen molar-refractivity contribution in [1.82, 2.24) is 9.97 Å². The third-order valence-corrected chi connectivity index (χ3v) is 2.53. The smallest absolute Gasteiger partial charge is 0.267 e. The Morgan fingerprint density at radius 2 is 2.00 bits per heavy atom. The van der Waals surface area contributed by atoms with E-state index in [-0.39, 0.29) is 0 Å². The van der Waals surface area contributed by atoms with E-state index in [4.69, 9.17) is 5.73 Å². The second kappa shape index (κ2) is 3.86. The van der Waals surface area contributed by atoms with Crippen LogP contribution in [-0.4, -0.2) is 15.9 Å². The van der Waals surface area contributed by atoms with Gasteiger partial charge in [0.2, 0.25) is 0 Å². The number of carbonyl (C=O) groups excluding carboxylic acids is 1. The molecule has 0 aliphatic rings. The van der Waals surface area contributed by atoms with Gasteiger partial charge in [0.05, 0.1) is 6.33 Å². The van der Waals surface area contributed by atoms with E-state index in [0.29, 0.717) is 11.4 Å². The number of hydrogen-bond donors (Lipinski definition) is 2. The van der Waals surface area contributed by atoms with Gasteiger partial charge in [-0.25, -0.2) is 4.98 Å². The Hall–Kier alpha value is -1.62. The van der Waals surface area contributed by atoms with Crippen molar-refractivity contribution < 1.29 is 4.79 Å². The van der Waals surface area contributed by atoms with Crippen molar-refractivity contribution in [3.05, 3.63) is 40.8 Å². The summed E-state index contributed by atoms with van der Waals surface area (Å²) in [5.41, 5.74) is 6.97. The number of carbonyl (C=O) groups is 1. The maximum absolute atomic E-state index is 11.1. The molecule has 0 bridgehead atoms. The molecule has 1 heterocycles.